The fourth-order valence-corrected chi connectivity index (χ4v) is 0.730. The van der Waals surface area contributed by atoms with E-state index in [-0.39, 0.29) is 51.4 Å². The van der Waals surface area contributed by atoms with Crippen molar-refractivity contribution in [2.75, 3.05) is 14.1 Å². The average molecular weight is 195 g/mol. The average Bonchev–Trinajstić information content (AvgIpc) is 1.87. The molecule has 3 nitrogen and oxygen atoms in total. The quantitative estimate of drug-likeness (QED) is 0.347. The molecule has 0 bridgehead atoms. The molecule has 0 rings (SSSR count). The van der Waals surface area contributed by atoms with Gasteiger partial charge in [-0.05, 0) is 27.4 Å². The molecule has 0 amide bonds. The molecule has 0 spiro atoms. The van der Waals surface area contributed by atoms with Crippen molar-refractivity contribution in [2.45, 2.75) is 18.9 Å². The molecule has 0 aliphatic carbocycles. The third-order valence-corrected chi connectivity index (χ3v) is 1.97. The number of carbonyl (C=O) groups excluding carboxylic acids is 1. The van der Waals surface area contributed by atoms with E-state index in [0.717, 1.165) is 0 Å². The van der Waals surface area contributed by atoms with Crippen molar-refractivity contribution in [3.8, 4) is 0 Å². The molecule has 0 aliphatic rings. The first-order valence-corrected chi connectivity index (χ1v) is 3.45. The Kier molecular flexibility index (Phi) is 8.01. The number of carbonyl (C=O) groups is 1. The number of nitrogens with zero attached hydrogens (tertiary/aromatic N) is 1. The van der Waals surface area contributed by atoms with Gasteiger partial charge < -0.3 is 9.90 Å². The van der Waals surface area contributed by atoms with Crippen LogP contribution in [0, 0.1) is 0 Å². The molecule has 0 aromatic carbocycles. The van der Waals surface area contributed by atoms with E-state index in [4.69, 9.17) is 0 Å². The van der Waals surface area contributed by atoms with Gasteiger partial charge in [0.2, 0.25) is 0 Å². The number of likely N-dealkylation sites (N-methyl/N-ethyl adjacent to an activating group) is 1. The van der Waals surface area contributed by atoms with Gasteiger partial charge >= 0.3 is 51.4 Å². The molecule has 0 fully saturated rings. The molecular formula is C8H14KNO2. The van der Waals surface area contributed by atoms with Crippen molar-refractivity contribution < 1.29 is 61.3 Å². The largest absolute Gasteiger partial charge is 1.00 e. The van der Waals surface area contributed by atoms with Gasteiger partial charge in [-0.25, -0.2) is 0 Å². The first kappa shape index (κ1) is 15.3. The van der Waals surface area contributed by atoms with E-state index in [1.54, 1.807) is 32.0 Å². The number of hydrogen-bond donors (Lipinski definition) is 0. The zero-order chi connectivity index (χ0) is 9.07. The van der Waals surface area contributed by atoms with Crippen LogP contribution in [0.1, 0.15) is 13.3 Å². The molecule has 1 unspecified atom stereocenters. The standard InChI is InChI=1S/C8H15NO2.K/c1-5-6-8(2,7(10)11)9(3)4;/h5H,1,6H2,2-4H3,(H,10,11);/q;+1/p-1. The monoisotopic (exact) mass is 195 g/mol. The predicted octanol–water partition coefficient (Wildman–Crippen LogP) is -3.36. The third kappa shape index (κ3) is 3.68. The van der Waals surface area contributed by atoms with E-state index in [1.807, 2.05) is 0 Å². The summed E-state index contributed by atoms with van der Waals surface area (Å²) >= 11 is 0. The van der Waals surface area contributed by atoms with Gasteiger partial charge in [-0.15, -0.1) is 6.58 Å². The summed E-state index contributed by atoms with van der Waals surface area (Å²) in [6.45, 7) is 5.11. The van der Waals surface area contributed by atoms with Crippen molar-refractivity contribution in [2.24, 2.45) is 0 Å². The van der Waals surface area contributed by atoms with Crippen LogP contribution < -0.4 is 56.5 Å². The Labute approximate surface area is 116 Å². The summed E-state index contributed by atoms with van der Waals surface area (Å²) in [5.74, 6) is -1.07. The number of carboxylic acid groups (broad SMARTS) is 1. The summed E-state index contributed by atoms with van der Waals surface area (Å²) in [6.07, 6.45) is 1.97. The molecule has 64 valence electrons. The van der Waals surface area contributed by atoms with Gasteiger partial charge in [0, 0.05) is 0 Å². The molecule has 4 heteroatoms. The van der Waals surface area contributed by atoms with Gasteiger partial charge in [0.15, 0.2) is 0 Å². The minimum absolute atomic E-state index is 0. The van der Waals surface area contributed by atoms with Crippen LogP contribution in [0.15, 0.2) is 12.7 Å². The SMILES string of the molecule is C=CCC(C)(C(=O)[O-])N(C)C.[K+]. The third-order valence-electron chi connectivity index (χ3n) is 1.97. The maximum Gasteiger partial charge on any atom is 1.00 e. The van der Waals surface area contributed by atoms with Crippen molar-refractivity contribution in [1.82, 2.24) is 4.90 Å². The second-order valence-electron chi connectivity index (χ2n) is 2.95. The van der Waals surface area contributed by atoms with Crippen molar-refractivity contribution in [1.29, 1.82) is 0 Å². The van der Waals surface area contributed by atoms with Crippen LogP contribution in [0.4, 0.5) is 0 Å². The van der Waals surface area contributed by atoms with Gasteiger partial charge in [-0.2, -0.15) is 0 Å². The van der Waals surface area contributed by atoms with Crippen LogP contribution in [0.2, 0.25) is 0 Å². The van der Waals surface area contributed by atoms with Crippen LogP contribution in [0.5, 0.6) is 0 Å². The van der Waals surface area contributed by atoms with Crippen molar-refractivity contribution in [3.63, 3.8) is 0 Å². The van der Waals surface area contributed by atoms with E-state index in [2.05, 4.69) is 6.58 Å². The topological polar surface area (TPSA) is 43.4 Å². The molecule has 0 aliphatic heterocycles. The van der Waals surface area contributed by atoms with Gasteiger partial charge in [-0.3, -0.25) is 4.90 Å². The smallest absolute Gasteiger partial charge is 0.548 e. The number of carboxylic acids is 1. The fourth-order valence-electron chi connectivity index (χ4n) is 0.730. The van der Waals surface area contributed by atoms with Crippen molar-refractivity contribution >= 4 is 5.97 Å². The first-order chi connectivity index (χ1) is 4.95. The maximum atomic E-state index is 10.7. The summed E-state index contributed by atoms with van der Waals surface area (Å²) in [5, 5.41) is 10.7. The Balaban J connectivity index is 0. The Morgan fingerprint density at radius 2 is 2.08 bits per heavy atom. The van der Waals surface area contributed by atoms with E-state index in [1.165, 1.54) is 0 Å². The zero-order valence-electron chi connectivity index (χ0n) is 8.26. The van der Waals surface area contributed by atoms with E-state index < -0.39 is 11.5 Å². The van der Waals surface area contributed by atoms with Gasteiger partial charge in [0.1, 0.15) is 0 Å². The van der Waals surface area contributed by atoms with Gasteiger partial charge in [0.25, 0.3) is 0 Å². The van der Waals surface area contributed by atoms with Crippen LogP contribution in [0.25, 0.3) is 0 Å². The van der Waals surface area contributed by atoms with Crippen LogP contribution in [-0.2, 0) is 4.79 Å². The second kappa shape index (κ2) is 6.29. The summed E-state index contributed by atoms with van der Waals surface area (Å²) in [7, 11) is 3.42. The maximum absolute atomic E-state index is 10.7. The van der Waals surface area contributed by atoms with Gasteiger partial charge in [0.05, 0.1) is 11.5 Å². The first-order valence-electron chi connectivity index (χ1n) is 3.45. The van der Waals surface area contributed by atoms with Gasteiger partial charge in [-0.1, -0.05) is 6.08 Å². The van der Waals surface area contributed by atoms with E-state index in [9.17, 15) is 9.90 Å². The molecule has 0 aromatic heterocycles. The summed E-state index contributed by atoms with van der Waals surface area (Å²) < 4.78 is 0. The van der Waals surface area contributed by atoms with Crippen LogP contribution in [-0.4, -0.2) is 30.5 Å². The fraction of sp³-hybridized carbons (Fsp3) is 0.625. The minimum atomic E-state index is -1.07. The Morgan fingerprint density at radius 3 is 2.17 bits per heavy atom. The zero-order valence-corrected chi connectivity index (χ0v) is 11.4. The number of rotatable bonds is 4. The Hall–Kier alpha value is 0.806. The minimum Gasteiger partial charge on any atom is -0.548 e. The molecule has 0 saturated carbocycles. The van der Waals surface area contributed by atoms with Crippen LogP contribution >= 0.6 is 0 Å². The molecule has 0 aromatic rings. The summed E-state index contributed by atoms with van der Waals surface area (Å²) in [6, 6.07) is 0. The molecule has 12 heavy (non-hydrogen) atoms. The van der Waals surface area contributed by atoms with E-state index >= 15 is 0 Å². The molecule has 0 saturated heterocycles. The molecule has 0 N–H and O–H groups in total. The molecular weight excluding hydrogens is 181 g/mol. The molecule has 0 radical (unpaired) electrons. The summed E-state index contributed by atoms with van der Waals surface area (Å²) in [5.41, 5.74) is -0.929. The van der Waals surface area contributed by atoms with Crippen molar-refractivity contribution in [3.05, 3.63) is 12.7 Å². The summed E-state index contributed by atoms with van der Waals surface area (Å²) in [4.78, 5) is 12.3. The Bertz CT molecular complexity index is 170. The predicted molar refractivity (Wildman–Crippen MR) is 41.9 cm³/mol. The van der Waals surface area contributed by atoms with E-state index in [0.29, 0.717) is 6.42 Å². The number of hydrogen-bond acceptors (Lipinski definition) is 3. The normalized spacial score (nSPS) is 14.7. The molecule has 1 atom stereocenters. The second-order valence-corrected chi connectivity index (χ2v) is 2.95. The Morgan fingerprint density at radius 1 is 1.67 bits per heavy atom. The molecule has 0 heterocycles. The number of aliphatic carboxylic acids is 1. The van der Waals surface area contributed by atoms with Crippen LogP contribution in [0.3, 0.4) is 0 Å².